The molecule has 34 heavy (non-hydrogen) atoms. The molecule has 0 fully saturated rings. The number of unbranched alkanes of at least 4 members (excludes halogenated alkanes) is 1. The summed E-state index contributed by atoms with van der Waals surface area (Å²) in [7, 11) is 0. The minimum atomic E-state index is -0.624. The van der Waals surface area contributed by atoms with Crippen molar-refractivity contribution in [3.8, 4) is 0 Å². The van der Waals surface area contributed by atoms with E-state index in [1.807, 2.05) is 0 Å². The number of nitro groups is 2. The summed E-state index contributed by atoms with van der Waals surface area (Å²) in [6.45, 7) is -1.27. The Morgan fingerprint density at radius 3 is 1.44 bits per heavy atom. The highest BCUT2D eigenvalue weighted by molar-refractivity contribution is 5.70. The predicted molar refractivity (Wildman–Crippen MR) is 116 cm³/mol. The number of esters is 2. The van der Waals surface area contributed by atoms with Crippen LogP contribution in [0, 0.1) is 20.2 Å². The highest BCUT2D eigenvalue weighted by atomic mass is 16.6. The normalized spacial score (nSPS) is 10.5. The van der Waals surface area contributed by atoms with Crippen LogP contribution in [0.25, 0.3) is 0 Å². The van der Waals surface area contributed by atoms with Crippen molar-refractivity contribution >= 4 is 23.3 Å². The van der Waals surface area contributed by atoms with Gasteiger partial charge in [-0.15, -0.1) is 0 Å². The van der Waals surface area contributed by atoms with Crippen molar-refractivity contribution < 1.29 is 39.1 Å². The fraction of sp³-hybridized carbons (Fsp3) is 0.364. The van der Waals surface area contributed by atoms with Gasteiger partial charge in [-0.05, 0) is 36.1 Å². The van der Waals surface area contributed by atoms with E-state index in [4.69, 9.17) is 19.7 Å². The van der Waals surface area contributed by atoms with E-state index in [9.17, 15) is 29.8 Å². The molecule has 0 saturated carbocycles. The molecular weight excluding hydrogens is 452 g/mol. The number of hydrogen-bond acceptors (Lipinski definition) is 10. The third kappa shape index (κ3) is 7.90. The van der Waals surface area contributed by atoms with Crippen molar-refractivity contribution in [2.75, 3.05) is 0 Å². The molecule has 12 heteroatoms. The molecule has 12 nitrogen and oxygen atoms in total. The molecular formula is C22H24N2O10. The van der Waals surface area contributed by atoms with Gasteiger partial charge >= 0.3 is 11.9 Å². The van der Waals surface area contributed by atoms with Crippen molar-refractivity contribution in [1.29, 1.82) is 0 Å². The van der Waals surface area contributed by atoms with E-state index in [1.54, 1.807) is 0 Å². The Hall–Kier alpha value is -3.90. The Morgan fingerprint density at radius 2 is 1.12 bits per heavy atom. The van der Waals surface area contributed by atoms with Gasteiger partial charge in [-0.3, -0.25) is 29.8 Å². The van der Waals surface area contributed by atoms with Gasteiger partial charge in [0.25, 0.3) is 11.4 Å². The minimum absolute atomic E-state index is 0.0406. The average Bonchev–Trinajstić information content (AvgIpc) is 2.83. The molecule has 182 valence electrons. The molecule has 0 unspecified atom stereocenters. The maximum atomic E-state index is 11.9. The van der Waals surface area contributed by atoms with Crippen molar-refractivity contribution in [3.63, 3.8) is 0 Å². The van der Waals surface area contributed by atoms with Gasteiger partial charge in [0.1, 0.15) is 13.2 Å². The molecule has 2 N–H and O–H groups in total. The maximum Gasteiger partial charge on any atom is 0.306 e. The molecule has 0 aliphatic rings. The highest BCUT2D eigenvalue weighted by Crippen LogP contribution is 2.22. The Bertz CT molecular complexity index is 970. The van der Waals surface area contributed by atoms with E-state index in [-0.39, 0.29) is 48.6 Å². The van der Waals surface area contributed by atoms with Crippen LogP contribution in [-0.2, 0) is 45.5 Å². The first-order chi connectivity index (χ1) is 16.2. The number of aliphatic hydroxyl groups is 2. The topological polar surface area (TPSA) is 179 Å². The van der Waals surface area contributed by atoms with Crippen LogP contribution in [0.1, 0.15) is 47.9 Å². The molecule has 0 bridgehead atoms. The summed E-state index contributed by atoms with van der Waals surface area (Å²) >= 11 is 0. The summed E-state index contributed by atoms with van der Waals surface area (Å²) in [5, 5.41) is 40.3. The Kier molecular flexibility index (Phi) is 10.0. The van der Waals surface area contributed by atoms with Crippen LogP contribution in [0.5, 0.6) is 0 Å². The van der Waals surface area contributed by atoms with Gasteiger partial charge in [0, 0.05) is 25.0 Å². The third-order valence-corrected chi connectivity index (χ3v) is 4.84. The molecule has 2 rings (SSSR count). The van der Waals surface area contributed by atoms with Crippen LogP contribution >= 0.6 is 0 Å². The van der Waals surface area contributed by atoms with Gasteiger partial charge in [0.05, 0.1) is 34.2 Å². The quantitative estimate of drug-likeness (QED) is 0.189. The van der Waals surface area contributed by atoms with Crippen LogP contribution in [0.15, 0.2) is 36.4 Å². The summed E-state index contributed by atoms with van der Waals surface area (Å²) in [4.78, 5) is 44.5. The molecule has 0 heterocycles. The monoisotopic (exact) mass is 476 g/mol. The number of nitro benzene ring substituents is 2. The van der Waals surface area contributed by atoms with E-state index in [2.05, 4.69) is 0 Å². The number of hydrogen-bond donors (Lipinski definition) is 2. The van der Waals surface area contributed by atoms with Crippen molar-refractivity contribution in [3.05, 3.63) is 78.9 Å². The number of benzene rings is 2. The zero-order valence-electron chi connectivity index (χ0n) is 18.2. The van der Waals surface area contributed by atoms with Gasteiger partial charge < -0.3 is 19.7 Å². The second-order valence-electron chi connectivity index (χ2n) is 7.29. The van der Waals surface area contributed by atoms with Crippen LogP contribution in [-0.4, -0.2) is 32.0 Å². The number of ether oxygens (including phenoxy) is 2. The van der Waals surface area contributed by atoms with E-state index in [0.717, 1.165) is 0 Å². The van der Waals surface area contributed by atoms with Crippen LogP contribution in [0.3, 0.4) is 0 Å². The number of nitrogens with zero attached hydrogens (tertiary/aromatic N) is 2. The van der Waals surface area contributed by atoms with Crippen molar-refractivity contribution in [1.82, 2.24) is 0 Å². The summed E-state index contributed by atoms with van der Waals surface area (Å²) < 4.78 is 10.2. The summed E-state index contributed by atoms with van der Waals surface area (Å²) in [6.07, 6.45) is 0.792. The van der Waals surface area contributed by atoms with Gasteiger partial charge in [0.2, 0.25) is 0 Å². The smallest absolute Gasteiger partial charge is 0.306 e. The van der Waals surface area contributed by atoms with Crippen molar-refractivity contribution in [2.24, 2.45) is 0 Å². The predicted octanol–water partition coefficient (Wildman–Crippen LogP) is 2.83. The zero-order valence-corrected chi connectivity index (χ0v) is 18.2. The standard InChI is InChI=1S/C22H24N2O10/c25-11-17-7-5-15(9-19(17)23(29)30)13-33-21(27)3-1-2-4-22(28)34-14-16-6-8-18(12-26)20(10-16)24(31)32/h5-10,25-26H,1-4,11-14H2. The number of aliphatic hydroxyl groups excluding tert-OH is 2. The second kappa shape index (κ2) is 13.0. The lowest BCUT2D eigenvalue weighted by molar-refractivity contribution is -0.386. The summed E-state index contributed by atoms with van der Waals surface area (Å²) in [5.74, 6) is -1.06. The molecule has 0 atom stereocenters. The molecule has 0 aromatic heterocycles. The fourth-order valence-corrected chi connectivity index (χ4v) is 3.02. The molecule has 0 amide bonds. The van der Waals surface area contributed by atoms with Gasteiger partial charge in [0.15, 0.2) is 0 Å². The van der Waals surface area contributed by atoms with Gasteiger partial charge in [-0.25, -0.2) is 0 Å². The lowest BCUT2D eigenvalue weighted by Crippen LogP contribution is -2.07. The summed E-state index contributed by atoms with van der Waals surface area (Å²) in [6, 6.07) is 8.31. The van der Waals surface area contributed by atoms with Crippen LogP contribution < -0.4 is 0 Å². The molecule has 2 aromatic rings. The first-order valence-corrected chi connectivity index (χ1v) is 10.3. The maximum absolute atomic E-state index is 11.9. The highest BCUT2D eigenvalue weighted by Gasteiger charge is 2.16. The Labute approximate surface area is 194 Å². The van der Waals surface area contributed by atoms with Crippen molar-refractivity contribution in [2.45, 2.75) is 52.1 Å². The number of carbonyl (C=O) groups excluding carboxylic acids is 2. The van der Waals surface area contributed by atoms with E-state index < -0.39 is 35.0 Å². The average molecular weight is 476 g/mol. The number of rotatable bonds is 13. The molecule has 0 aliphatic heterocycles. The first-order valence-electron chi connectivity index (χ1n) is 10.3. The largest absolute Gasteiger partial charge is 0.461 e. The summed E-state index contributed by atoms with van der Waals surface area (Å²) in [5.41, 5.74) is 0.628. The minimum Gasteiger partial charge on any atom is -0.461 e. The fourth-order valence-electron chi connectivity index (χ4n) is 3.02. The van der Waals surface area contributed by atoms with Crippen LogP contribution in [0.4, 0.5) is 11.4 Å². The molecule has 0 radical (unpaired) electrons. The number of carbonyl (C=O) groups is 2. The lowest BCUT2D eigenvalue weighted by Gasteiger charge is -2.07. The molecule has 0 aliphatic carbocycles. The van der Waals surface area contributed by atoms with Gasteiger partial charge in [-0.2, -0.15) is 0 Å². The van der Waals surface area contributed by atoms with E-state index in [0.29, 0.717) is 24.0 Å². The zero-order chi connectivity index (χ0) is 25.1. The van der Waals surface area contributed by atoms with Gasteiger partial charge in [-0.1, -0.05) is 12.1 Å². The Morgan fingerprint density at radius 1 is 0.735 bits per heavy atom. The SMILES string of the molecule is O=C(CCCCC(=O)OCc1ccc(CO)c([N+](=O)[O-])c1)OCc1ccc(CO)c([N+](=O)[O-])c1. The molecule has 2 aromatic carbocycles. The van der Waals surface area contributed by atoms with E-state index in [1.165, 1.54) is 36.4 Å². The second-order valence-corrected chi connectivity index (χ2v) is 7.29. The Balaban J connectivity index is 1.69. The lowest BCUT2D eigenvalue weighted by atomic mass is 10.1. The van der Waals surface area contributed by atoms with E-state index >= 15 is 0 Å². The van der Waals surface area contributed by atoms with Crippen LogP contribution in [0.2, 0.25) is 0 Å². The first kappa shape index (κ1) is 26.4. The molecule has 0 spiro atoms. The molecule has 0 saturated heterocycles. The third-order valence-electron chi connectivity index (χ3n) is 4.84.